The Morgan fingerprint density at radius 2 is 2.16 bits per heavy atom. The van der Waals surface area contributed by atoms with E-state index in [4.69, 9.17) is 16.3 Å². The van der Waals surface area contributed by atoms with E-state index in [-0.39, 0.29) is 12.4 Å². The van der Waals surface area contributed by atoms with E-state index in [1.165, 1.54) is 6.07 Å². The molecule has 0 saturated heterocycles. The molecule has 0 aliphatic carbocycles. The van der Waals surface area contributed by atoms with Crippen LogP contribution in [0.1, 0.15) is 5.69 Å². The first kappa shape index (κ1) is 14.1. The van der Waals surface area contributed by atoms with Crippen LogP contribution in [0.15, 0.2) is 34.8 Å². The van der Waals surface area contributed by atoms with Gasteiger partial charge in [-0.3, -0.25) is 0 Å². The quantitative estimate of drug-likeness (QED) is 0.899. The molecule has 0 radical (unpaired) electrons. The molecular formula is C13H11BrClFN2O. The second-order valence-corrected chi connectivity index (χ2v) is 5.06. The molecule has 0 atom stereocenters. The van der Waals surface area contributed by atoms with Crippen molar-refractivity contribution < 1.29 is 9.13 Å². The standard InChI is InChI=1S/C13H11BrClFN2O/c1-17-13-5-3-9(15)11(18-13)7-19-12-6-8(14)2-4-10(12)16/h2-6H,7H2,1H3,(H,17,18). The van der Waals surface area contributed by atoms with Gasteiger partial charge in [0.25, 0.3) is 0 Å². The van der Waals surface area contributed by atoms with E-state index in [0.29, 0.717) is 16.5 Å². The lowest BCUT2D eigenvalue weighted by Crippen LogP contribution is -2.03. The van der Waals surface area contributed by atoms with Crippen molar-refractivity contribution in [1.82, 2.24) is 4.98 Å². The molecule has 100 valence electrons. The van der Waals surface area contributed by atoms with Crippen LogP contribution < -0.4 is 10.1 Å². The predicted octanol–water partition coefficient (Wildman–Crippen LogP) is 4.26. The highest BCUT2D eigenvalue weighted by Gasteiger charge is 2.08. The van der Waals surface area contributed by atoms with Gasteiger partial charge >= 0.3 is 0 Å². The Balaban J connectivity index is 2.16. The Morgan fingerprint density at radius 1 is 1.37 bits per heavy atom. The predicted molar refractivity (Wildman–Crippen MR) is 77.2 cm³/mol. The van der Waals surface area contributed by atoms with Crippen LogP contribution in [0.2, 0.25) is 5.02 Å². The molecule has 6 heteroatoms. The largest absolute Gasteiger partial charge is 0.484 e. The summed E-state index contributed by atoms with van der Waals surface area (Å²) in [4.78, 5) is 4.26. The molecule has 0 aliphatic heterocycles. The molecule has 0 saturated carbocycles. The zero-order valence-electron chi connectivity index (χ0n) is 10.1. The Hall–Kier alpha value is -1.33. The lowest BCUT2D eigenvalue weighted by molar-refractivity contribution is 0.286. The van der Waals surface area contributed by atoms with Crippen molar-refractivity contribution in [3.05, 3.63) is 51.3 Å². The van der Waals surface area contributed by atoms with Crippen LogP contribution in [0.3, 0.4) is 0 Å². The van der Waals surface area contributed by atoms with Gasteiger partial charge in [0, 0.05) is 11.5 Å². The normalized spacial score (nSPS) is 10.3. The van der Waals surface area contributed by atoms with Crippen molar-refractivity contribution in [1.29, 1.82) is 0 Å². The molecule has 2 rings (SSSR count). The second kappa shape index (κ2) is 6.21. The van der Waals surface area contributed by atoms with E-state index in [0.717, 1.165) is 4.47 Å². The zero-order chi connectivity index (χ0) is 13.8. The topological polar surface area (TPSA) is 34.1 Å². The second-order valence-electron chi connectivity index (χ2n) is 3.74. The molecule has 1 N–H and O–H groups in total. The summed E-state index contributed by atoms with van der Waals surface area (Å²) in [7, 11) is 1.76. The number of pyridine rings is 1. The van der Waals surface area contributed by atoms with E-state index in [9.17, 15) is 4.39 Å². The number of benzene rings is 1. The van der Waals surface area contributed by atoms with Crippen LogP contribution in [0.5, 0.6) is 5.75 Å². The third-order valence-corrected chi connectivity index (χ3v) is 3.27. The van der Waals surface area contributed by atoms with E-state index < -0.39 is 5.82 Å². The molecule has 2 aromatic rings. The van der Waals surface area contributed by atoms with Crippen LogP contribution in [-0.2, 0) is 6.61 Å². The van der Waals surface area contributed by atoms with Crippen LogP contribution in [0.25, 0.3) is 0 Å². The average Bonchev–Trinajstić information content (AvgIpc) is 2.41. The number of rotatable bonds is 4. The lowest BCUT2D eigenvalue weighted by Gasteiger charge is -2.09. The summed E-state index contributed by atoms with van der Waals surface area (Å²) in [6.45, 7) is 0.0989. The number of nitrogens with zero attached hydrogens (tertiary/aromatic N) is 1. The summed E-state index contributed by atoms with van der Waals surface area (Å²) in [5, 5.41) is 3.39. The Morgan fingerprint density at radius 3 is 2.89 bits per heavy atom. The number of hydrogen-bond acceptors (Lipinski definition) is 3. The van der Waals surface area contributed by atoms with Crippen molar-refractivity contribution in [2.24, 2.45) is 0 Å². The molecule has 1 aromatic heterocycles. The molecule has 1 heterocycles. The van der Waals surface area contributed by atoms with Crippen LogP contribution in [-0.4, -0.2) is 12.0 Å². The van der Waals surface area contributed by atoms with Crippen LogP contribution in [0.4, 0.5) is 10.2 Å². The lowest BCUT2D eigenvalue weighted by atomic mass is 10.3. The Bertz CT molecular complexity index is 595. The first-order valence-corrected chi connectivity index (χ1v) is 6.68. The highest BCUT2D eigenvalue weighted by atomic mass is 79.9. The number of nitrogens with one attached hydrogen (secondary N) is 1. The number of halogens is 3. The van der Waals surface area contributed by atoms with Crippen molar-refractivity contribution in [2.75, 3.05) is 12.4 Å². The Labute approximate surface area is 123 Å². The SMILES string of the molecule is CNc1ccc(Cl)c(COc2cc(Br)ccc2F)n1. The fourth-order valence-corrected chi connectivity index (χ4v) is 1.96. The minimum atomic E-state index is -0.427. The van der Waals surface area contributed by atoms with Crippen molar-refractivity contribution >= 4 is 33.3 Å². The molecule has 19 heavy (non-hydrogen) atoms. The number of aromatic nitrogens is 1. The van der Waals surface area contributed by atoms with Gasteiger partial charge in [-0.05, 0) is 30.3 Å². The van der Waals surface area contributed by atoms with Gasteiger partial charge in [-0.2, -0.15) is 0 Å². The van der Waals surface area contributed by atoms with Gasteiger partial charge in [0.1, 0.15) is 12.4 Å². The van der Waals surface area contributed by atoms with Crippen molar-refractivity contribution in [3.63, 3.8) is 0 Å². The van der Waals surface area contributed by atoms with Gasteiger partial charge in [-0.25, -0.2) is 9.37 Å². The van der Waals surface area contributed by atoms with E-state index in [2.05, 4.69) is 26.2 Å². The Kier molecular flexibility index (Phi) is 4.61. The third-order valence-electron chi connectivity index (χ3n) is 2.43. The maximum absolute atomic E-state index is 13.5. The molecule has 0 aliphatic rings. The van der Waals surface area contributed by atoms with E-state index in [1.54, 1.807) is 31.3 Å². The average molecular weight is 346 g/mol. The van der Waals surface area contributed by atoms with Gasteiger partial charge < -0.3 is 10.1 Å². The van der Waals surface area contributed by atoms with Gasteiger partial charge in [0.15, 0.2) is 11.6 Å². The minimum Gasteiger partial charge on any atom is -0.484 e. The summed E-state index contributed by atoms with van der Waals surface area (Å²) in [6, 6.07) is 7.97. The summed E-state index contributed by atoms with van der Waals surface area (Å²) in [6.07, 6.45) is 0. The minimum absolute atomic E-state index is 0.0989. The van der Waals surface area contributed by atoms with Crippen molar-refractivity contribution in [2.45, 2.75) is 6.61 Å². The first-order valence-electron chi connectivity index (χ1n) is 5.51. The van der Waals surface area contributed by atoms with Gasteiger partial charge in [-0.15, -0.1) is 0 Å². The fourth-order valence-electron chi connectivity index (χ4n) is 1.46. The summed E-state index contributed by atoms with van der Waals surface area (Å²) in [5.41, 5.74) is 0.549. The smallest absolute Gasteiger partial charge is 0.165 e. The molecule has 0 amide bonds. The maximum atomic E-state index is 13.5. The number of hydrogen-bond donors (Lipinski definition) is 1. The molecular weight excluding hydrogens is 335 g/mol. The van der Waals surface area contributed by atoms with Crippen LogP contribution >= 0.6 is 27.5 Å². The van der Waals surface area contributed by atoms with Crippen LogP contribution in [0, 0.1) is 5.82 Å². The molecule has 0 fully saturated rings. The monoisotopic (exact) mass is 344 g/mol. The molecule has 3 nitrogen and oxygen atoms in total. The van der Waals surface area contributed by atoms with E-state index in [1.807, 2.05) is 0 Å². The zero-order valence-corrected chi connectivity index (χ0v) is 12.4. The fraction of sp³-hybridized carbons (Fsp3) is 0.154. The summed E-state index contributed by atoms with van der Waals surface area (Å²) < 4.78 is 19.7. The maximum Gasteiger partial charge on any atom is 0.165 e. The van der Waals surface area contributed by atoms with Gasteiger partial charge in [0.2, 0.25) is 0 Å². The molecule has 0 unspecified atom stereocenters. The molecule has 0 bridgehead atoms. The van der Waals surface area contributed by atoms with Gasteiger partial charge in [0.05, 0.1) is 10.7 Å². The number of anilines is 1. The third kappa shape index (κ3) is 3.58. The first-order chi connectivity index (χ1) is 9.10. The van der Waals surface area contributed by atoms with Gasteiger partial charge in [-0.1, -0.05) is 27.5 Å². The summed E-state index contributed by atoms with van der Waals surface area (Å²) in [5.74, 6) is 0.406. The highest BCUT2D eigenvalue weighted by Crippen LogP contribution is 2.24. The number of ether oxygens (including phenoxy) is 1. The van der Waals surface area contributed by atoms with Crippen molar-refractivity contribution in [3.8, 4) is 5.75 Å². The van der Waals surface area contributed by atoms with E-state index >= 15 is 0 Å². The summed E-state index contributed by atoms with van der Waals surface area (Å²) >= 11 is 9.28. The highest BCUT2D eigenvalue weighted by molar-refractivity contribution is 9.10. The molecule has 1 aromatic carbocycles. The molecule has 0 spiro atoms.